The largest absolute Gasteiger partial charge is 0.465 e. The molecule has 0 radical (unpaired) electrons. The first kappa shape index (κ1) is 14.8. The number of benzene rings is 1. The van der Waals surface area contributed by atoms with Gasteiger partial charge in [0.1, 0.15) is 18.2 Å². The second-order valence-electron chi connectivity index (χ2n) is 3.29. The zero-order valence-corrected chi connectivity index (χ0v) is 9.91. The highest BCUT2D eigenvalue weighted by molar-refractivity contribution is 5.92. The molecule has 2 N–H and O–H groups in total. The van der Waals surface area contributed by atoms with Crippen LogP contribution >= 0.6 is 0 Å². The van der Waals surface area contributed by atoms with Crippen LogP contribution in [0.1, 0.15) is 10.4 Å². The van der Waals surface area contributed by atoms with Crippen LogP contribution in [0.5, 0.6) is 0 Å². The maximum Gasteiger partial charge on any atom is 0.411 e. The van der Waals surface area contributed by atoms with Gasteiger partial charge in [0.2, 0.25) is 0 Å². The van der Waals surface area contributed by atoms with Gasteiger partial charge in [-0.15, -0.1) is 0 Å². The minimum atomic E-state index is -1.11. The second kappa shape index (κ2) is 6.64. The molecule has 0 saturated heterocycles. The molecule has 104 valence electrons. The van der Waals surface area contributed by atoms with E-state index in [1.54, 1.807) is 0 Å². The number of rotatable bonds is 4. The Morgan fingerprint density at radius 3 is 2.58 bits per heavy atom. The van der Waals surface area contributed by atoms with Gasteiger partial charge in [0, 0.05) is 6.07 Å². The molecule has 1 rings (SSSR count). The van der Waals surface area contributed by atoms with Crippen molar-refractivity contribution in [3.05, 3.63) is 29.3 Å². The molecule has 0 aliphatic carbocycles. The van der Waals surface area contributed by atoms with E-state index in [2.05, 4.69) is 9.47 Å². The van der Waals surface area contributed by atoms with Gasteiger partial charge in [0.15, 0.2) is 0 Å². The molecule has 0 aliphatic heterocycles. The molecule has 0 heterocycles. The number of esters is 1. The molecule has 1 amide bonds. The van der Waals surface area contributed by atoms with Gasteiger partial charge in [-0.05, 0) is 6.07 Å². The highest BCUT2D eigenvalue weighted by Gasteiger charge is 2.18. The Kier molecular flexibility index (Phi) is 5.19. The molecule has 0 fully saturated rings. The van der Waals surface area contributed by atoms with Crippen LogP contribution in [0, 0.1) is 11.6 Å². The molecule has 19 heavy (non-hydrogen) atoms. The number of aliphatic hydroxyl groups is 1. The predicted octanol–water partition coefficient (Wildman–Crippen LogP) is 1.29. The van der Waals surface area contributed by atoms with E-state index in [4.69, 9.17) is 5.11 Å². The lowest BCUT2D eigenvalue weighted by Gasteiger charge is -2.09. The Hall–Kier alpha value is -2.22. The van der Waals surface area contributed by atoms with Crippen LogP contribution in [0.15, 0.2) is 12.1 Å². The second-order valence-corrected chi connectivity index (χ2v) is 3.29. The van der Waals surface area contributed by atoms with Crippen molar-refractivity contribution in [1.82, 2.24) is 0 Å². The number of nitrogens with one attached hydrogen (secondary N) is 1. The Morgan fingerprint density at radius 2 is 2.00 bits per heavy atom. The van der Waals surface area contributed by atoms with Crippen LogP contribution in [0.25, 0.3) is 0 Å². The van der Waals surface area contributed by atoms with E-state index in [0.717, 1.165) is 13.2 Å². The van der Waals surface area contributed by atoms with Crippen LogP contribution in [0.3, 0.4) is 0 Å². The van der Waals surface area contributed by atoms with Crippen molar-refractivity contribution in [3.63, 3.8) is 0 Å². The van der Waals surface area contributed by atoms with Crippen molar-refractivity contribution < 1.29 is 33.0 Å². The molecule has 0 spiro atoms. The van der Waals surface area contributed by atoms with Crippen LogP contribution in [-0.4, -0.2) is 37.5 Å². The molecule has 1 aromatic rings. The quantitative estimate of drug-likeness (QED) is 0.809. The predicted molar refractivity (Wildman–Crippen MR) is 59.8 cm³/mol. The molecular formula is C11H11F2NO5. The number of aliphatic hydroxyl groups excluding tert-OH is 1. The van der Waals surface area contributed by atoms with Gasteiger partial charge in [-0.2, -0.15) is 0 Å². The number of hydrogen-bond acceptors (Lipinski definition) is 5. The maximum absolute atomic E-state index is 13.4. The fourth-order valence-corrected chi connectivity index (χ4v) is 1.20. The number of carbonyl (C=O) groups is 2. The number of methoxy groups -OCH3 is 1. The van der Waals surface area contributed by atoms with Gasteiger partial charge < -0.3 is 14.6 Å². The van der Waals surface area contributed by atoms with Crippen molar-refractivity contribution in [1.29, 1.82) is 0 Å². The van der Waals surface area contributed by atoms with Crippen LogP contribution in [0.2, 0.25) is 0 Å². The van der Waals surface area contributed by atoms with Crippen molar-refractivity contribution in [3.8, 4) is 0 Å². The van der Waals surface area contributed by atoms with E-state index >= 15 is 0 Å². The number of halogens is 2. The smallest absolute Gasteiger partial charge is 0.411 e. The monoisotopic (exact) mass is 275 g/mol. The number of anilines is 1. The van der Waals surface area contributed by atoms with Gasteiger partial charge in [-0.1, -0.05) is 0 Å². The summed E-state index contributed by atoms with van der Waals surface area (Å²) < 4.78 is 35.4. The van der Waals surface area contributed by atoms with Gasteiger partial charge in [-0.3, -0.25) is 5.32 Å². The number of hydrogen-bond donors (Lipinski definition) is 2. The molecule has 8 heteroatoms. The third kappa shape index (κ3) is 3.88. The summed E-state index contributed by atoms with van der Waals surface area (Å²) >= 11 is 0. The van der Waals surface area contributed by atoms with Gasteiger partial charge in [0.25, 0.3) is 0 Å². The average Bonchev–Trinajstić information content (AvgIpc) is 2.38. The maximum atomic E-state index is 13.4. The summed E-state index contributed by atoms with van der Waals surface area (Å²) in [6, 6.07) is 1.23. The van der Waals surface area contributed by atoms with E-state index in [-0.39, 0.29) is 6.61 Å². The van der Waals surface area contributed by atoms with E-state index in [9.17, 15) is 18.4 Å². The van der Waals surface area contributed by atoms with Crippen LogP contribution < -0.4 is 5.32 Å². The van der Waals surface area contributed by atoms with E-state index < -0.39 is 41.6 Å². The fourth-order valence-electron chi connectivity index (χ4n) is 1.20. The summed E-state index contributed by atoms with van der Waals surface area (Å²) in [5.41, 5.74) is -0.967. The molecular weight excluding hydrogens is 264 g/mol. The zero-order chi connectivity index (χ0) is 14.4. The van der Waals surface area contributed by atoms with Crippen LogP contribution in [0.4, 0.5) is 19.3 Å². The minimum Gasteiger partial charge on any atom is -0.465 e. The molecule has 0 atom stereocenters. The SMILES string of the molecule is COC(=O)c1cc(NC(=O)OCCO)c(F)cc1F. The molecule has 0 aromatic heterocycles. The number of amides is 1. The highest BCUT2D eigenvalue weighted by atomic mass is 19.1. The van der Waals surface area contributed by atoms with E-state index in [0.29, 0.717) is 6.07 Å². The molecule has 0 bridgehead atoms. The minimum absolute atomic E-state index is 0.279. The summed E-state index contributed by atoms with van der Waals surface area (Å²) in [5.74, 6) is -3.20. The highest BCUT2D eigenvalue weighted by Crippen LogP contribution is 2.20. The first-order valence-corrected chi connectivity index (χ1v) is 5.11. The Morgan fingerprint density at radius 1 is 1.32 bits per heavy atom. The Balaban J connectivity index is 2.95. The lowest BCUT2D eigenvalue weighted by molar-refractivity contribution is 0.0595. The fraction of sp³-hybridized carbons (Fsp3) is 0.273. The molecule has 6 nitrogen and oxygen atoms in total. The van der Waals surface area contributed by atoms with Gasteiger partial charge in [0.05, 0.1) is 25.0 Å². The zero-order valence-electron chi connectivity index (χ0n) is 9.91. The standard InChI is InChI=1S/C11H11F2NO5/c1-18-10(16)6-4-9(8(13)5-7(6)12)14-11(17)19-3-2-15/h4-5,15H,2-3H2,1H3,(H,14,17). The van der Waals surface area contributed by atoms with Crippen molar-refractivity contribution >= 4 is 17.7 Å². The van der Waals surface area contributed by atoms with Gasteiger partial charge >= 0.3 is 12.1 Å². The first-order valence-electron chi connectivity index (χ1n) is 5.11. The summed E-state index contributed by atoms with van der Waals surface area (Å²) in [6.45, 7) is -0.675. The van der Waals surface area contributed by atoms with Crippen LogP contribution in [-0.2, 0) is 9.47 Å². The summed E-state index contributed by atoms with van der Waals surface area (Å²) in [5, 5.41) is 10.4. The topological polar surface area (TPSA) is 84.9 Å². The normalized spacial score (nSPS) is 9.89. The average molecular weight is 275 g/mol. The summed E-state index contributed by atoms with van der Waals surface area (Å²) in [6.07, 6.45) is -1.05. The molecule has 0 saturated carbocycles. The Bertz CT molecular complexity index is 492. The molecule has 1 aromatic carbocycles. The summed E-state index contributed by atoms with van der Waals surface area (Å²) in [4.78, 5) is 22.3. The molecule has 0 unspecified atom stereocenters. The van der Waals surface area contributed by atoms with Crippen molar-refractivity contribution in [2.24, 2.45) is 0 Å². The first-order chi connectivity index (χ1) is 8.99. The van der Waals surface area contributed by atoms with Crippen molar-refractivity contribution in [2.45, 2.75) is 0 Å². The number of ether oxygens (including phenoxy) is 2. The lowest BCUT2D eigenvalue weighted by atomic mass is 10.2. The molecule has 0 aliphatic rings. The third-order valence-electron chi connectivity index (χ3n) is 2.02. The Labute approximate surface area is 106 Å². The third-order valence-corrected chi connectivity index (χ3v) is 2.02. The van der Waals surface area contributed by atoms with Crippen molar-refractivity contribution in [2.75, 3.05) is 25.6 Å². The summed E-state index contributed by atoms with van der Waals surface area (Å²) in [7, 11) is 1.04. The van der Waals surface area contributed by atoms with E-state index in [1.807, 2.05) is 5.32 Å². The van der Waals surface area contributed by atoms with Gasteiger partial charge in [-0.25, -0.2) is 18.4 Å². The van der Waals surface area contributed by atoms with E-state index in [1.165, 1.54) is 0 Å². The number of carbonyl (C=O) groups excluding carboxylic acids is 2. The lowest BCUT2D eigenvalue weighted by Crippen LogP contribution is -2.17.